The third-order valence-electron chi connectivity index (χ3n) is 1.77. The van der Waals surface area contributed by atoms with Crippen molar-refractivity contribution >= 4 is 11.6 Å². The van der Waals surface area contributed by atoms with Crippen LogP contribution >= 0.6 is 0 Å². The number of nitrogens with one attached hydrogen (secondary N) is 1. The predicted octanol–water partition coefficient (Wildman–Crippen LogP) is 2.48. The number of carbonyl (C=O) groups is 1. The van der Waals surface area contributed by atoms with E-state index < -0.39 is 0 Å². The van der Waals surface area contributed by atoms with Crippen molar-refractivity contribution in [1.29, 1.82) is 0 Å². The minimum Gasteiger partial charge on any atom is -0.501 e. The van der Waals surface area contributed by atoms with Gasteiger partial charge in [0.1, 0.15) is 0 Å². The van der Waals surface area contributed by atoms with Crippen molar-refractivity contribution in [3.63, 3.8) is 0 Å². The number of hydrogen-bond donors (Lipinski definition) is 1. The number of aryl methyl sites for hydroxylation is 1. The van der Waals surface area contributed by atoms with E-state index in [1.54, 1.807) is 0 Å². The quantitative estimate of drug-likeness (QED) is 0.605. The molecule has 0 atom stereocenters. The summed E-state index contributed by atoms with van der Waals surface area (Å²) < 4.78 is 4.92. The first-order valence-electron chi connectivity index (χ1n) is 4.88. The molecule has 3 nitrogen and oxygen atoms in total. The zero-order valence-electron chi connectivity index (χ0n) is 8.99. The molecule has 0 aliphatic heterocycles. The SMILES string of the molecule is CCOC=CC(=O)Nc1cccc(C)c1. The monoisotopic (exact) mass is 205 g/mol. The van der Waals surface area contributed by atoms with Gasteiger partial charge >= 0.3 is 0 Å². The van der Waals surface area contributed by atoms with Gasteiger partial charge in [0, 0.05) is 11.8 Å². The van der Waals surface area contributed by atoms with Gasteiger partial charge < -0.3 is 10.1 Å². The van der Waals surface area contributed by atoms with Crippen molar-refractivity contribution in [3.8, 4) is 0 Å². The molecule has 0 heterocycles. The minimum absolute atomic E-state index is 0.186. The largest absolute Gasteiger partial charge is 0.501 e. The van der Waals surface area contributed by atoms with E-state index in [0.29, 0.717) is 6.61 Å². The number of ether oxygens (including phenoxy) is 1. The summed E-state index contributed by atoms with van der Waals surface area (Å²) in [7, 11) is 0. The molecule has 3 heteroatoms. The molecule has 15 heavy (non-hydrogen) atoms. The fraction of sp³-hybridized carbons (Fsp3) is 0.250. The molecular formula is C12H15NO2. The average Bonchev–Trinajstić information content (AvgIpc) is 2.18. The minimum atomic E-state index is -0.186. The van der Waals surface area contributed by atoms with Crippen LogP contribution < -0.4 is 5.32 Å². The van der Waals surface area contributed by atoms with Gasteiger partial charge in [0.15, 0.2) is 0 Å². The predicted molar refractivity (Wildman–Crippen MR) is 60.6 cm³/mol. The van der Waals surface area contributed by atoms with Crippen molar-refractivity contribution in [2.75, 3.05) is 11.9 Å². The molecule has 0 aromatic heterocycles. The van der Waals surface area contributed by atoms with Gasteiger partial charge in [-0.1, -0.05) is 12.1 Å². The highest BCUT2D eigenvalue weighted by molar-refractivity contribution is 5.99. The van der Waals surface area contributed by atoms with Crippen molar-refractivity contribution in [3.05, 3.63) is 42.2 Å². The van der Waals surface area contributed by atoms with Crippen LogP contribution in [0.5, 0.6) is 0 Å². The summed E-state index contributed by atoms with van der Waals surface area (Å²) in [6.45, 7) is 4.41. The molecule has 0 saturated carbocycles. The molecule has 1 N–H and O–H groups in total. The summed E-state index contributed by atoms with van der Waals surface area (Å²) >= 11 is 0. The summed E-state index contributed by atoms with van der Waals surface area (Å²) in [5, 5.41) is 2.74. The lowest BCUT2D eigenvalue weighted by Crippen LogP contribution is -2.07. The molecule has 0 spiro atoms. The Hall–Kier alpha value is -1.77. The van der Waals surface area contributed by atoms with E-state index in [2.05, 4.69) is 5.32 Å². The van der Waals surface area contributed by atoms with Crippen molar-refractivity contribution in [2.24, 2.45) is 0 Å². The maximum absolute atomic E-state index is 11.3. The maximum Gasteiger partial charge on any atom is 0.251 e. The van der Waals surface area contributed by atoms with Gasteiger partial charge in [0.2, 0.25) is 0 Å². The van der Waals surface area contributed by atoms with Gasteiger partial charge in [-0.15, -0.1) is 0 Å². The first-order chi connectivity index (χ1) is 7.22. The van der Waals surface area contributed by atoms with Crippen molar-refractivity contribution in [1.82, 2.24) is 0 Å². The van der Waals surface area contributed by atoms with Crippen LogP contribution in [0.4, 0.5) is 5.69 Å². The Bertz CT molecular complexity index is 358. The van der Waals surface area contributed by atoms with Crippen molar-refractivity contribution < 1.29 is 9.53 Å². The standard InChI is InChI=1S/C12H15NO2/c1-3-15-8-7-12(14)13-11-6-4-5-10(2)9-11/h4-9H,3H2,1-2H3,(H,13,14). The smallest absolute Gasteiger partial charge is 0.251 e. The second-order valence-electron chi connectivity index (χ2n) is 3.12. The van der Waals surface area contributed by atoms with Gasteiger partial charge in [-0.25, -0.2) is 0 Å². The number of anilines is 1. The maximum atomic E-state index is 11.3. The Labute approximate surface area is 89.8 Å². The highest BCUT2D eigenvalue weighted by atomic mass is 16.5. The molecule has 0 radical (unpaired) electrons. The fourth-order valence-electron chi connectivity index (χ4n) is 1.11. The number of benzene rings is 1. The van der Waals surface area contributed by atoms with Crippen LogP contribution in [-0.4, -0.2) is 12.5 Å². The molecule has 0 unspecified atom stereocenters. The second-order valence-corrected chi connectivity index (χ2v) is 3.12. The van der Waals surface area contributed by atoms with E-state index >= 15 is 0 Å². The summed E-state index contributed by atoms with van der Waals surface area (Å²) in [6, 6.07) is 7.63. The normalized spacial score (nSPS) is 10.3. The third-order valence-corrected chi connectivity index (χ3v) is 1.77. The summed E-state index contributed by atoms with van der Waals surface area (Å²) in [4.78, 5) is 11.3. The fourth-order valence-corrected chi connectivity index (χ4v) is 1.11. The van der Waals surface area contributed by atoms with Gasteiger partial charge in [-0.2, -0.15) is 0 Å². The molecule has 80 valence electrons. The van der Waals surface area contributed by atoms with E-state index in [1.165, 1.54) is 12.3 Å². The van der Waals surface area contributed by atoms with Crippen LogP contribution in [-0.2, 0) is 9.53 Å². The number of carbonyl (C=O) groups excluding carboxylic acids is 1. The van der Waals surface area contributed by atoms with Gasteiger partial charge in [0.25, 0.3) is 5.91 Å². The molecule has 0 fully saturated rings. The van der Waals surface area contributed by atoms with Crippen molar-refractivity contribution in [2.45, 2.75) is 13.8 Å². The summed E-state index contributed by atoms with van der Waals surface area (Å²) in [5.41, 5.74) is 1.91. The van der Waals surface area contributed by atoms with Gasteiger partial charge in [0.05, 0.1) is 12.9 Å². The van der Waals surface area contributed by atoms with Crippen LogP contribution in [0.1, 0.15) is 12.5 Å². The Balaban J connectivity index is 2.51. The van der Waals surface area contributed by atoms with Crippen LogP contribution in [0.2, 0.25) is 0 Å². The zero-order chi connectivity index (χ0) is 11.1. The van der Waals surface area contributed by atoms with Crippen LogP contribution in [0.15, 0.2) is 36.6 Å². The Kier molecular flexibility index (Phi) is 4.41. The molecule has 1 aromatic carbocycles. The number of hydrogen-bond acceptors (Lipinski definition) is 2. The Morgan fingerprint density at radius 2 is 2.33 bits per heavy atom. The molecule has 0 aliphatic rings. The van der Waals surface area contributed by atoms with Crippen LogP contribution in [0.25, 0.3) is 0 Å². The van der Waals surface area contributed by atoms with E-state index in [1.807, 2.05) is 38.1 Å². The molecule has 0 aliphatic carbocycles. The summed E-state index contributed by atoms with van der Waals surface area (Å²) in [6.07, 6.45) is 2.76. The van der Waals surface area contributed by atoms with E-state index in [-0.39, 0.29) is 5.91 Å². The van der Waals surface area contributed by atoms with Gasteiger partial charge in [-0.3, -0.25) is 4.79 Å². The van der Waals surface area contributed by atoms with Crippen LogP contribution in [0.3, 0.4) is 0 Å². The lowest BCUT2D eigenvalue weighted by molar-refractivity contribution is -0.112. The first-order valence-corrected chi connectivity index (χ1v) is 4.88. The highest BCUT2D eigenvalue weighted by Crippen LogP contribution is 2.09. The second kappa shape index (κ2) is 5.86. The van der Waals surface area contributed by atoms with E-state index in [4.69, 9.17) is 4.74 Å². The van der Waals surface area contributed by atoms with E-state index in [9.17, 15) is 4.79 Å². The molecule has 0 bridgehead atoms. The molecule has 1 aromatic rings. The topological polar surface area (TPSA) is 38.3 Å². The first kappa shape index (κ1) is 11.3. The van der Waals surface area contributed by atoms with E-state index in [0.717, 1.165) is 11.3 Å². The lowest BCUT2D eigenvalue weighted by Gasteiger charge is -2.02. The lowest BCUT2D eigenvalue weighted by atomic mass is 10.2. The number of rotatable bonds is 4. The molecule has 1 amide bonds. The molecule has 1 rings (SSSR count). The number of amides is 1. The average molecular weight is 205 g/mol. The molecule has 0 saturated heterocycles. The third kappa shape index (κ3) is 4.31. The summed E-state index contributed by atoms with van der Waals surface area (Å²) in [5.74, 6) is -0.186. The highest BCUT2D eigenvalue weighted by Gasteiger charge is 1.96. The zero-order valence-corrected chi connectivity index (χ0v) is 8.99. The van der Waals surface area contributed by atoms with Gasteiger partial charge in [-0.05, 0) is 31.5 Å². The molecular weight excluding hydrogens is 190 g/mol. The Morgan fingerprint density at radius 3 is 3.00 bits per heavy atom. The van der Waals surface area contributed by atoms with Crippen LogP contribution in [0, 0.1) is 6.92 Å². The Morgan fingerprint density at radius 1 is 1.53 bits per heavy atom.